The van der Waals surface area contributed by atoms with E-state index in [4.69, 9.17) is 4.74 Å². The van der Waals surface area contributed by atoms with Crippen molar-refractivity contribution in [3.8, 4) is 0 Å². The lowest BCUT2D eigenvalue weighted by Crippen LogP contribution is -3.00. The van der Waals surface area contributed by atoms with E-state index in [0.717, 1.165) is 6.42 Å². The molecule has 1 aliphatic heterocycles. The summed E-state index contributed by atoms with van der Waals surface area (Å²) in [6, 6.07) is -0.141. The summed E-state index contributed by atoms with van der Waals surface area (Å²) in [6.07, 6.45) is 5.55. The number of carbonyl (C=O) groups excluding carboxylic acids is 2. The number of imidazole rings is 1. The summed E-state index contributed by atoms with van der Waals surface area (Å²) in [4.78, 5) is 25.7. The monoisotopic (exact) mass is 422 g/mol. The van der Waals surface area contributed by atoms with Crippen LogP contribution in [0, 0.1) is 0 Å². The minimum atomic E-state index is -0.516. The van der Waals surface area contributed by atoms with Gasteiger partial charge in [-0.05, 0) is 27.2 Å². The number of aromatic nitrogens is 2. The van der Waals surface area contributed by atoms with Crippen molar-refractivity contribution in [3.63, 3.8) is 0 Å². The number of hydrogen-bond donors (Lipinski definition) is 1. The predicted octanol–water partition coefficient (Wildman–Crippen LogP) is -2.12. The number of halogens is 1. The third kappa shape index (κ3) is 5.15. The number of nitrogens with one attached hydrogen (secondary N) is 1. The Morgan fingerprint density at radius 1 is 1.36 bits per heavy atom. The standard InChI is InChI=1S/C14H22N4O3.HI/c1-14(2,3)21-12(19)15-11-5-6-17(9-11)13(20)18-8-7-16(4)10-18;/h7-8,10-11H,5-6,9H2,1-4H3;1H. The van der Waals surface area contributed by atoms with Gasteiger partial charge in [0.05, 0.1) is 13.1 Å². The van der Waals surface area contributed by atoms with Crippen molar-refractivity contribution in [2.75, 3.05) is 13.1 Å². The van der Waals surface area contributed by atoms with Crippen molar-refractivity contribution >= 4 is 12.1 Å². The Kier molecular flexibility index (Phi) is 6.21. The minimum Gasteiger partial charge on any atom is -1.00 e. The van der Waals surface area contributed by atoms with Crippen LogP contribution in [0.2, 0.25) is 0 Å². The van der Waals surface area contributed by atoms with Crippen molar-refractivity contribution in [2.45, 2.75) is 38.8 Å². The maximum Gasteiger partial charge on any atom is 0.415 e. The van der Waals surface area contributed by atoms with Crippen LogP contribution >= 0.6 is 0 Å². The van der Waals surface area contributed by atoms with Crippen molar-refractivity contribution in [2.24, 2.45) is 7.05 Å². The molecule has 1 aromatic rings. The summed E-state index contributed by atoms with van der Waals surface area (Å²) in [5.41, 5.74) is -0.516. The molecule has 0 radical (unpaired) electrons. The van der Waals surface area contributed by atoms with Crippen molar-refractivity contribution in [1.82, 2.24) is 14.8 Å². The first kappa shape index (κ1) is 18.7. The normalized spacial score (nSPS) is 17.8. The lowest BCUT2D eigenvalue weighted by Gasteiger charge is -2.21. The van der Waals surface area contributed by atoms with Gasteiger partial charge in [-0.2, -0.15) is 4.57 Å². The molecule has 2 heterocycles. The van der Waals surface area contributed by atoms with Crippen LogP contribution in [0.4, 0.5) is 9.59 Å². The van der Waals surface area contributed by atoms with E-state index < -0.39 is 11.7 Å². The van der Waals surface area contributed by atoms with Crippen LogP contribution in [0.1, 0.15) is 27.2 Å². The molecule has 0 saturated carbocycles. The Bertz CT molecular complexity index is 538. The molecule has 1 fully saturated rings. The zero-order valence-electron chi connectivity index (χ0n) is 13.4. The summed E-state index contributed by atoms with van der Waals surface area (Å²) < 4.78 is 8.57. The summed E-state index contributed by atoms with van der Waals surface area (Å²) in [5, 5.41) is 2.81. The Morgan fingerprint density at radius 2 is 2.05 bits per heavy atom. The third-order valence-corrected chi connectivity index (χ3v) is 3.17. The molecule has 1 unspecified atom stereocenters. The summed E-state index contributed by atoms with van der Waals surface area (Å²) in [7, 11) is 1.86. The van der Waals surface area contributed by atoms with E-state index in [2.05, 4.69) is 5.32 Å². The van der Waals surface area contributed by atoms with Crippen molar-refractivity contribution < 1.29 is 42.9 Å². The Morgan fingerprint density at radius 3 is 2.59 bits per heavy atom. The highest BCUT2D eigenvalue weighted by molar-refractivity contribution is 5.77. The average molecular weight is 422 g/mol. The van der Waals surface area contributed by atoms with Gasteiger partial charge in [0.15, 0.2) is 0 Å². The van der Waals surface area contributed by atoms with Crippen molar-refractivity contribution in [3.05, 3.63) is 18.7 Å². The van der Waals surface area contributed by atoms with Gasteiger partial charge in [0, 0.05) is 13.1 Å². The van der Waals surface area contributed by atoms with Crippen LogP contribution in [-0.2, 0) is 11.8 Å². The van der Waals surface area contributed by atoms with E-state index >= 15 is 0 Å². The Hall–Kier alpha value is -1.32. The molecular weight excluding hydrogens is 399 g/mol. The lowest BCUT2D eigenvalue weighted by atomic mass is 10.2. The lowest BCUT2D eigenvalue weighted by molar-refractivity contribution is -0.670. The topological polar surface area (TPSA) is 67.5 Å². The zero-order chi connectivity index (χ0) is 15.6. The highest BCUT2D eigenvalue weighted by Crippen LogP contribution is 2.12. The fourth-order valence-electron chi connectivity index (χ4n) is 2.25. The molecule has 124 valence electrons. The minimum absolute atomic E-state index is 0. The number of ether oxygens (including phenoxy) is 1. The Labute approximate surface area is 147 Å². The van der Waals surface area contributed by atoms with E-state index in [-0.39, 0.29) is 36.0 Å². The van der Waals surface area contributed by atoms with Crippen LogP contribution in [-0.4, -0.2) is 46.3 Å². The van der Waals surface area contributed by atoms with Gasteiger partial charge in [0.25, 0.3) is 6.33 Å². The highest BCUT2D eigenvalue weighted by Gasteiger charge is 2.31. The number of hydrogen-bond acceptors (Lipinski definition) is 3. The molecule has 1 aromatic heterocycles. The molecule has 1 saturated heterocycles. The summed E-state index contributed by atoms with van der Waals surface area (Å²) in [5.74, 6) is 0. The number of aryl methyl sites for hydroxylation is 1. The van der Waals surface area contributed by atoms with E-state index in [1.54, 1.807) is 17.4 Å². The van der Waals surface area contributed by atoms with E-state index in [1.807, 2.05) is 38.6 Å². The number of carbonyl (C=O) groups is 2. The fourth-order valence-corrected chi connectivity index (χ4v) is 2.25. The number of nitrogens with zero attached hydrogens (tertiary/aromatic N) is 3. The van der Waals surface area contributed by atoms with Gasteiger partial charge in [-0.3, -0.25) is 0 Å². The smallest absolute Gasteiger partial charge is 0.415 e. The largest absolute Gasteiger partial charge is 1.00 e. The quantitative estimate of drug-likeness (QED) is 0.416. The van der Waals surface area contributed by atoms with Gasteiger partial charge in [-0.1, -0.05) is 0 Å². The van der Waals surface area contributed by atoms with Gasteiger partial charge in [-0.15, -0.1) is 0 Å². The SMILES string of the molecule is C[n+]1ccn(C(=O)N2CCC(NC(=O)OC(C)(C)C)C2)c1.[I-]. The third-order valence-electron chi connectivity index (χ3n) is 3.17. The number of alkyl carbamates (subject to hydrolysis) is 1. The molecule has 2 rings (SSSR count). The highest BCUT2D eigenvalue weighted by atomic mass is 127. The van der Waals surface area contributed by atoms with Gasteiger partial charge >= 0.3 is 12.1 Å². The zero-order valence-corrected chi connectivity index (χ0v) is 15.5. The van der Waals surface area contributed by atoms with Crippen LogP contribution in [0.15, 0.2) is 18.7 Å². The van der Waals surface area contributed by atoms with Gasteiger partial charge < -0.3 is 38.9 Å². The second-order valence-electron chi connectivity index (χ2n) is 6.35. The number of amides is 2. The predicted molar refractivity (Wildman–Crippen MR) is 75.7 cm³/mol. The summed E-state index contributed by atoms with van der Waals surface area (Å²) >= 11 is 0. The van der Waals surface area contributed by atoms with E-state index in [1.165, 1.54) is 4.57 Å². The fraction of sp³-hybridized carbons (Fsp3) is 0.643. The van der Waals surface area contributed by atoms with Gasteiger partial charge in [-0.25, -0.2) is 14.2 Å². The molecule has 8 heteroatoms. The number of rotatable bonds is 1. The van der Waals surface area contributed by atoms with Crippen LogP contribution < -0.4 is 33.9 Å². The van der Waals surface area contributed by atoms with Crippen molar-refractivity contribution in [1.29, 1.82) is 0 Å². The Balaban J connectivity index is 0.00000242. The summed E-state index contributed by atoms with van der Waals surface area (Å²) in [6.45, 7) is 6.59. The first-order valence-corrected chi connectivity index (χ1v) is 7.06. The molecule has 0 aliphatic carbocycles. The van der Waals surface area contributed by atoms with E-state index in [9.17, 15) is 9.59 Å². The molecule has 1 N–H and O–H groups in total. The average Bonchev–Trinajstić information content (AvgIpc) is 2.95. The van der Waals surface area contributed by atoms with Crippen LogP contribution in [0.3, 0.4) is 0 Å². The molecule has 0 spiro atoms. The van der Waals surface area contributed by atoms with Gasteiger partial charge in [0.1, 0.15) is 18.0 Å². The molecule has 22 heavy (non-hydrogen) atoms. The maximum absolute atomic E-state index is 12.3. The number of likely N-dealkylation sites (tertiary alicyclic amines) is 1. The molecule has 0 aromatic carbocycles. The molecule has 1 aliphatic rings. The molecule has 2 amide bonds. The molecule has 0 bridgehead atoms. The molecule has 1 atom stereocenters. The molecule has 7 nitrogen and oxygen atoms in total. The second-order valence-corrected chi connectivity index (χ2v) is 6.35. The van der Waals surface area contributed by atoms with Crippen LogP contribution in [0.5, 0.6) is 0 Å². The first-order valence-electron chi connectivity index (χ1n) is 7.06. The maximum atomic E-state index is 12.3. The molecular formula is C14H23IN4O3. The van der Waals surface area contributed by atoms with Gasteiger partial charge in [0.2, 0.25) is 0 Å². The van der Waals surface area contributed by atoms with Crippen LogP contribution in [0.25, 0.3) is 0 Å². The second kappa shape index (κ2) is 7.30. The first-order chi connectivity index (χ1) is 9.74. The van der Waals surface area contributed by atoms with E-state index in [0.29, 0.717) is 13.1 Å².